The van der Waals surface area contributed by atoms with Gasteiger partial charge in [-0.05, 0) is 84.2 Å². The van der Waals surface area contributed by atoms with Crippen LogP contribution in [0.2, 0.25) is 0 Å². The van der Waals surface area contributed by atoms with Crippen molar-refractivity contribution in [3.8, 4) is 0 Å². The smallest absolute Gasteiger partial charge is 0.000800 e. The fourth-order valence-electron chi connectivity index (χ4n) is 3.34. The second-order valence-electron chi connectivity index (χ2n) is 5.76. The first-order valence-corrected chi connectivity index (χ1v) is 6.88. The molecule has 0 radical (unpaired) electrons. The molecule has 0 nitrogen and oxygen atoms in total. The van der Waals surface area contributed by atoms with Crippen molar-refractivity contribution in [2.45, 2.75) is 34.1 Å². The predicted molar refractivity (Wildman–Crippen MR) is 82.8 cm³/mol. The first-order chi connectivity index (χ1) is 9.00. The zero-order valence-electron chi connectivity index (χ0n) is 12.2. The second-order valence-corrected chi connectivity index (χ2v) is 5.76. The molecular formula is C19H20. The summed E-state index contributed by atoms with van der Waals surface area (Å²) in [6, 6.07) is 8.90. The predicted octanol–water partition coefficient (Wildman–Crippen LogP) is 4.89. The Bertz CT molecular complexity index is 643. The zero-order chi connectivity index (χ0) is 13.7. The topological polar surface area (TPSA) is 0 Å². The molecule has 2 aromatic carbocycles. The van der Waals surface area contributed by atoms with Gasteiger partial charge in [0.05, 0.1) is 0 Å². The van der Waals surface area contributed by atoms with Crippen LogP contribution in [0.3, 0.4) is 0 Å². The van der Waals surface area contributed by atoms with Crippen LogP contribution in [0.4, 0.5) is 0 Å². The van der Waals surface area contributed by atoms with E-state index in [0.29, 0.717) is 0 Å². The van der Waals surface area contributed by atoms with Crippen LogP contribution in [-0.2, 0) is 6.42 Å². The Morgan fingerprint density at radius 3 is 1.47 bits per heavy atom. The fourth-order valence-corrected chi connectivity index (χ4v) is 3.34. The van der Waals surface area contributed by atoms with E-state index >= 15 is 0 Å². The molecule has 0 heteroatoms. The highest BCUT2D eigenvalue weighted by atomic mass is 14.3. The molecule has 1 aliphatic rings. The number of fused-ring (bicyclic) bond motifs is 2. The third kappa shape index (κ3) is 1.67. The second kappa shape index (κ2) is 4.09. The Kier molecular flexibility index (Phi) is 2.63. The fraction of sp³-hybridized carbons (Fsp3) is 0.263. The van der Waals surface area contributed by atoms with Crippen molar-refractivity contribution in [2.24, 2.45) is 0 Å². The molecule has 19 heavy (non-hydrogen) atoms. The van der Waals surface area contributed by atoms with Crippen LogP contribution in [0.15, 0.2) is 30.8 Å². The Morgan fingerprint density at radius 1 is 0.684 bits per heavy atom. The van der Waals surface area contributed by atoms with Gasteiger partial charge in [0.25, 0.3) is 0 Å². The van der Waals surface area contributed by atoms with Crippen LogP contribution >= 0.6 is 0 Å². The average molecular weight is 248 g/mol. The highest BCUT2D eigenvalue weighted by Gasteiger charge is 2.24. The highest BCUT2D eigenvalue weighted by Crippen LogP contribution is 2.40. The summed E-state index contributed by atoms with van der Waals surface area (Å²) in [6.45, 7) is 13.2. The number of rotatable bonds is 0. The molecule has 0 unspecified atom stereocenters. The van der Waals surface area contributed by atoms with Gasteiger partial charge in [-0.15, -0.1) is 0 Å². The molecule has 0 N–H and O–H groups in total. The van der Waals surface area contributed by atoms with Gasteiger partial charge in [-0.25, -0.2) is 0 Å². The van der Waals surface area contributed by atoms with Crippen LogP contribution in [0, 0.1) is 27.7 Å². The molecular weight excluding hydrogens is 228 g/mol. The van der Waals surface area contributed by atoms with Crippen LogP contribution in [0.1, 0.15) is 44.5 Å². The van der Waals surface area contributed by atoms with Gasteiger partial charge < -0.3 is 0 Å². The molecule has 0 aromatic heterocycles. The Labute approximate surface area is 115 Å². The van der Waals surface area contributed by atoms with Crippen LogP contribution in [-0.4, -0.2) is 0 Å². The lowest BCUT2D eigenvalue weighted by Crippen LogP contribution is -2.12. The summed E-state index contributed by atoms with van der Waals surface area (Å²) in [6.07, 6.45) is 1.05. The highest BCUT2D eigenvalue weighted by molar-refractivity contribution is 5.88. The van der Waals surface area contributed by atoms with Gasteiger partial charge in [0.2, 0.25) is 0 Å². The molecule has 0 spiro atoms. The van der Waals surface area contributed by atoms with E-state index in [4.69, 9.17) is 0 Å². The first-order valence-electron chi connectivity index (χ1n) is 6.88. The standard InChI is InChI=1S/C19H20/c1-11-6-8-13(3)18-15(5)19-14(4)9-7-12(2)17(19)10-16(11)18/h6-9H,5,10H2,1-4H3. The van der Waals surface area contributed by atoms with Crippen molar-refractivity contribution in [2.75, 3.05) is 0 Å². The molecule has 0 heterocycles. The summed E-state index contributed by atoms with van der Waals surface area (Å²) in [5, 5.41) is 0. The van der Waals surface area contributed by atoms with E-state index < -0.39 is 0 Å². The maximum absolute atomic E-state index is 4.40. The van der Waals surface area contributed by atoms with Crippen LogP contribution in [0.5, 0.6) is 0 Å². The minimum atomic E-state index is 1.05. The molecule has 0 fully saturated rings. The molecule has 0 aliphatic heterocycles. The van der Waals surface area contributed by atoms with E-state index in [2.05, 4.69) is 58.5 Å². The van der Waals surface area contributed by atoms with Crippen molar-refractivity contribution >= 4 is 5.57 Å². The van der Waals surface area contributed by atoms with Crippen LogP contribution in [0.25, 0.3) is 5.57 Å². The maximum Gasteiger partial charge on any atom is -0.000800 e. The van der Waals surface area contributed by atoms with E-state index in [1.165, 1.54) is 50.1 Å². The first kappa shape index (κ1) is 12.2. The van der Waals surface area contributed by atoms with Gasteiger partial charge in [-0.2, -0.15) is 0 Å². The van der Waals surface area contributed by atoms with Crippen LogP contribution < -0.4 is 0 Å². The minimum Gasteiger partial charge on any atom is -0.0905 e. The molecule has 0 atom stereocenters. The van der Waals surface area contributed by atoms with Gasteiger partial charge in [-0.3, -0.25) is 0 Å². The molecule has 0 saturated carbocycles. The third-order valence-corrected chi connectivity index (χ3v) is 4.47. The number of benzene rings is 2. The van der Waals surface area contributed by atoms with E-state index in [9.17, 15) is 0 Å². The monoisotopic (exact) mass is 248 g/mol. The summed E-state index contributed by atoms with van der Waals surface area (Å²) in [5.41, 5.74) is 12.3. The minimum absolute atomic E-state index is 1.05. The van der Waals surface area contributed by atoms with E-state index in [1.54, 1.807) is 0 Å². The average Bonchev–Trinajstić information content (AvgIpc) is 2.38. The number of hydrogen-bond acceptors (Lipinski definition) is 0. The van der Waals surface area contributed by atoms with Gasteiger partial charge in [0, 0.05) is 0 Å². The lowest BCUT2D eigenvalue weighted by atomic mass is 9.76. The van der Waals surface area contributed by atoms with Gasteiger partial charge in [0.1, 0.15) is 0 Å². The van der Waals surface area contributed by atoms with Crippen molar-refractivity contribution in [3.05, 3.63) is 75.4 Å². The Morgan fingerprint density at radius 2 is 1.05 bits per heavy atom. The summed E-state index contributed by atoms with van der Waals surface area (Å²) in [4.78, 5) is 0. The largest absolute Gasteiger partial charge is 0.0905 e. The Balaban J connectivity index is 2.35. The lowest BCUT2D eigenvalue weighted by molar-refractivity contribution is 1.06. The lowest BCUT2D eigenvalue weighted by Gasteiger charge is -2.28. The molecule has 1 aliphatic carbocycles. The summed E-state index contributed by atoms with van der Waals surface area (Å²) >= 11 is 0. The quantitative estimate of drug-likeness (QED) is 0.531. The van der Waals surface area contributed by atoms with E-state index in [1.807, 2.05) is 0 Å². The van der Waals surface area contributed by atoms with Crippen molar-refractivity contribution in [1.82, 2.24) is 0 Å². The van der Waals surface area contributed by atoms with E-state index in [0.717, 1.165) is 6.42 Å². The van der Waals surface area contributed by atoms with Gasteiger partial charge in [-0.1, -0.05) is 30.8 Å². The molecule has 3 rings (SSSR count). The Hall–Kier alpha value is -1.82. The number of aryl methyl sites for hydroxylation is 4. The normalized spacial score (nSPS) is 13.2. The van der Waals surface area contributed by atoms with Crippen molar-refractivity contribution in [1.29, 1.82) is 0 Å². The van der Waals surface area contributed by atoms with Gasteiger partial charge in [0.15, 0.2) is 0 Å². The van der Waals surface area contributed by atoms with Crippen molar-refractivity contribution < 1.29 is 0 Å². The summed E-state index contributed by atoms with van der Waals surface area (Å²) in [5.74, 6) is 0. The zero-order valence-corrected chi connectivity index (χ0v) is 12.2. The maximum atomic E-state index is 4.40. The number of hydrogen-bond donors (Lipinski definition) is 0. The molecule has 2 aromatic rings. The molecule has 0 amide bonds. The van der Waals surface area contributed by atoms with E-state index in [-0.39, 0.29) is 0 Å². The SMILES string of the molecule is C=C1c2c(C)ccc(C)c2Cc2c(C)ccc(C)c21. The summed E-state index contributed by atoms with van der Waals surface area (Å²) < 4.78 is 0. The van der Waals surface area contributed by atoms with Crippen molar-refractivity contribution in [3.63, 3.8) is 0 Å². The summed E-state index contributed by atoms with van der Waals surface area (Å²) in [7, 11) is 0. The molecule has 96 valence electrons. The molecule has 0 saturated heterocycles. The van der Waals surface area contributed by atoms with Gasteiger partial charge >= 0.3 is 0 Å². The molecule has 0 bridgehead atoms. The third-order valence-electron chi connectivity index (χ3n) is 4.47.